The predicted molar refractivity (Wildman–Crippen MR) is 160 cm³/mol. The number of rotatable bonds is 14. The van der Waals surface area contributed by atoms with E-state index >= 15 is 0 Å². The molecule has 5 atom stereocenters. The molecule has 0 spiro atoms. The van der Waals surface area contributed by atoms with Crippen LogP contribution in [0.1, 0.15) is 70.9 Å². The van der Waals surface area contributed by atoms with Gasteiger partial charge in [-0.15, -0.1) is 0 Å². The van der Waals surface area contributed by atoms with Gasteiger partial charge in [0.05, 0.1) is 7.11 Å². The summed E-state index contributed by atoms with van der Waals surface area (Å²) in [6.07, 6.45) is -1.57. The summed E-state index contributed by atoms with van der Waals surface area (Å²) in [5.41, 5.74) is 5.56. The number of aliphatic hydroxyl groups is 1. The third kappa shape index (κ3) is 10.6. The summed E-state index contributed by atoms with van der Waals surface area (Å²) >= 11 is 0. The van der Waals surface area contributed by atoms with Gasteiger partial charge in [-0.1, -0.05) is 74.0 Å². The van der Waals surface area contributed by atoms with E-state index in [9.17, 15) is 24.3 Å². The second-order valence-electron chi connectivity index (χ2n) is 11.7. The maximum Gasteiger partial charge on any atom is 0.408 e. The van der Waals surface area contributed by atoms with Crippen molar-refractivity contribution in [1.29, 1.82) is 0 Å². The molecule has 0 saturated carbocycles. The number of nitrogens with two attached hydrogens (primary N) is 1. The van der Waals surface area contributed by atoms with E-state index in [2.05, 4.69) is 10.6 Å². The normalized spacial score (nSPS) is 15.7. The smallest absolute Gasteiger partial charge is 0.408 e. The van der Waals surface area contributed by atoms with Gasteiger partial charge < -0.3 is 30.9 Å². The van der Waals surface area contributed by atoms with Crippen LogP contribution >= 0.6 is 0 Å². The summed E-state index contributed by atoms with van der Waals surface area (Å²) in [5, 5.41) is 16.4. The first-order valence-corrected chi connectivity index (χ1v) is 14.1. The molecule has 0 aliphatic heterocycles. The molecule has 0 bridgehead atoms. The zero-order valence-electron chi connectivity index (χ0n) is 25.4. The lowest BCUT2D eigenvalue weighted by Gasteiger charge is -2.36. The maximum atomic E-state index is 13.6. The first-order valence-electron chi connectivity index (χ1n) is 14.1. The second-order valence-corrected chi connectivity index (χ2v) is 11.7. The van der Waals surface area contributed by atoms with E-state index in [1.165, 1.54) is 14.0 Å². The average molecular weight is 584 g/mol. The van der Waals surface area contributed by atoms with Gasteiger partial charge in [0, 0.05) is 24.3 Å². The standard InChI is InChI=1S/C32H45N3O7/c1-7-14-23(22-17-12-9-13-18-22)25(36)20-32(5,33)27(37)26(35-30(40)42-31(2,3)4)28(38)34-24(29(39)41-6)19-21-15-10-8-11-16-21/h8-13,15-18,23-24,26-27,37H,7,14,19-20,33H2,1-6H3,(H,34,38)(H,35,40)/t23?,24-,26-,27?,32?/m0/s1. The summed E-state index contributed by atoms with van der Waals surface area (Å²) in [6, 6.07) is 15.5. The molecule has 3 unspecified atom stereocenters. The molecule has 10 nitrogen and oxygen atoms in total. The van der Waals surface area contributed by atoms with E-state index < -0.39 is 53.2 Å². The number of carbonyl (C=O) groups excluding carboxylic acids is 4. The van der Waals surface area contributed by atoms with Gasteiger partial charge in [-0.05, 0) is 45.2 Å². The van der Waals surface area contributed by atoms with Crippen LogP contribution in [0.5, 0.6) is 0 Å². The van der Waals surface area contributed by atoms with E-state index in [0.29, 0.717) is 6.42 Å². The lowest BCUT2D eigenvalue weighted by atomic mass is 9.80. The summed E-state index contributed by atoms with van der Waals surface area (Å²) < 4.78 is 10.2. The highest BCUT2D eigenvalue weighted by molar-refractivity contribution is 5.91. The number of methoxy groups -OCH3 is 1. The Kier molecular flexibility index (Phi) is 12.7. The van der Waals surface area contributed by atoms with Gasteiger partial charge in [0.2, 0.25) is 5.91 Å². The number of ether oxygens (including phenoxy) is 2. The Hall–Kier alpha value is -3.76. The molecule has 0 aliphatic rings. The van der Waals surface area contributed by atoms with Crippen LogP contribution in [-0.4, -0.2) is 65.3 Å². The van der Waals surface area contributed by atoms with Crippen molar-refractivity contribution >= 4 is 23.8 Å². The number of esters is 1. The Morgan fingerprint density at radius 3 is 2.02 bits per heavy atom. The average Bonchev–Trinajstić information content (AvgIpc) is 2.93. The molecule has 0 aromatic heterocycles. The molecular formula is C32H45N3O7. The number of nitrogens with one attached hydrogen (secondary N) is 2. The minimum Gasteiger partial charge on any atom is -0.467 e. The van der Waals surface area contributed by atoms with Gasteiger partial charge in [-0.25, -0.2) is 9.59 Å². The highest BCUT2D eigenvalue weighted by atomic mass is 16.6. The molecule has 5 N–H and O–H groups in total. The Morgan fingerprint density at radius 1 is 0.929 bits per heavy atom. The Balaban J connectivity index is 2.35. The first kappa shape index (κ1) is 34.4. The number of amides is 2. The Bertz CT molecular complexity index is 1180. The fourth-order valence-corrected chi connectivity index (χ4v) is 4.64. The molecule has 10 heteroatoms. The van der Waals surface area contributed by atoms with Gasteiger partial charge in [-0.2, -0.15) is 0 Å². The SMILES string of the molecule is CCCC(C(=O)CC(C)(N)C(O)[C@H](NC(=O)OC(C)(C)C)C(=O)N[C@@H](Cc1ccccc1)C(=O)OC)c1ccccc1. The highest BCUT2D eigenvalue weighted by Gasteiger charge is 2.43. The van der Waals surface area contributed by atoms with E-state index in [0.717, 1.165) is 17.5 Å². The third-order valence-electron chi connectivity index (χ3n) is 6.75. The van der Waals surface area contributed by atoms with Crippen LogP contribution in [0.2, 0.25) is 0 Å². The molecular weight excluding hydrogens is 538 g/mol. The molecule has 2 aromatic rings. The summed E-state index contributed by atoms with van der Waals surface area (Å²) in [5.74, 6) is -2.27. The molecule has 2 aromatic carbocycles. The molecule has 0 heterocycles. The van der Waals surface area contributed by atoms with Crippen LogP contribution in [-0.2, 0) is 30.3 Å². The van der Waals surface area contributed by atoms with Crippen molar-refractivity contribution in [2.45, 2.75) is 95.5 Å². The van der Waals surface area contributed by atoms with Crippen molar-refractivity contribution in [1.82, 2.24) is 10.6 Å². The van der Waals surface area contributed by atoms with E-state index in [-0.39, 0.29) is 18.6 Å². The summed E-state index contributed by atoms with van der Waals surface area (Å²) in [4.78, 5) is 52.4. The van der Waals surface area contributed by atoms with Gasteiger partial charge in [0.1, 0.15) is 29.6 Å². The van der Waals surface area contributed by atoms with Crippen LogP contribution in [0.15, 0.2) is 60.7 Å². The Labute approximate surface area is 248 Å². The molecule has 230 valence electrons. The van der Waals surface area contributed by atoms with Crippen molar-refractivity contribution in [3.8, 4) is 0 Å². The van der Waals surface area contributed by atoms with Crippen LogP contribution in [0, 0.1) is 0 Å². The molecule has 0 aliphatic carbocycles. The minimum atomic E-state index is -1.73. The lowest BCUT2D eigenvalue weighted by molar-refractivity contribution is -0.145. The second kappa shape index (κ2) is 15.5. The molecule has 2 amide bonds. The summed E-state index contributed by atoms with van der Waals surface area (Å²) in [6.45, 7) is 8.36. The van der Waals surface area contributed by atoms with Crippen molar-refractivity contribution in [2.75, 3.05) is 7.11 Å². The lowest BCUT2D eigenvalue weighted by Crippen LogP contribution is -2.65. The van der Waals surface area contributed by atoms with Gasteiger partial charge in [-0.3, -0.25) is 9.59 Å². The number of aliphatic hydroxyl groups excluding tert-OH is 1. The first-order chi connectivity index (χ1) is 19.7. The largest absolute Gasteiger partial charge is 0.467 e. The number of ketones is 1. The number of Topliss-reactive ketones (excluding diaryl/α,β-unsaturated/α-hetero) is 1. The third-order valence-corrected chi connectivity index (χ3v) is 6.75. The maximum absolute atomic E-state index is 13.6. The zero-order chi connectivity index (χ0) is 31.5. The minimum absolute atomic E-state index is 0.0999. The number of carbonyl (C=O) groups is 4. The number of alkyl carbamates (subject to hydrolysis) is 1. The zero-order valence-corrected chi connectivity index (χ0v) is 25.4. The van der Waals surface area contributed by atoms with E-state index in [1.807, 2.05) is 43.3 Å². The molecule has 0 fully saturated rings. The highest BCUT2D eigenvalue weighted by Crippen LogP contribution is 2.27. The van der Waals surface area contributed by atoms with Gasteiger partial charge in [0.15, 0.2) is 0 Å². The van der Waals surface area contributed by atoms with Gasteiger partial charge in [0.25, 0.3) is 0 Å². The van der Waals surface area contributed by atoms with Gasteiger partial charge >= 0.3 is 12.1 Å². The van der Waals surface area contributed by atoms with Crippen LogP contribution in [0.25, 0.3) is 0 Å². The monoisotopic (exact) mass is 583 g/mol. The number of hydrogen-bond acceptors (Lipinski definition) is 8. The fourth-order valence-electron chi connectivity index (χ4n) is 4.64. The van der Waals surface area contributed by atoms with Crippen LogP contribution in [0.4, 0.5) is 4.79 Å². The quantitative estimate of drug-likeness (QED) is 0.247. The van der Waals surface area contributed by atoms with Crippen molar-refractivity contribution < 1.29 is 33.8 Å². The predicted octanol–water partition coefficient (Wildman–Crippen LogP) is 3.40. The van der Waals surface area contributed by atoms with Crippen molar-refractivity contribution in [3.63, 3.8) is 0 Å². The van der Waals surface area contributed by atoms with Crippen molar-refractivity contribution in [3.05, 3.63) is 71.8 Å². The van der Waals surface area contributed by atoms with E-state index in [1.54, 1.807) is 45.0 Å². The molecule has 0 saturated heterocycles. The summed E-state index contributed by atoms with van der Waals surface area (Å²) in [7, 11) is 1.19. The molecule has 42 heavy (non-hydrogen) atoms. The number of hydrogen-bond donors (Lipinski definition) is 4. The van der Waals surface area contributed by atoms with Crippen LogP contribution < -0.4 is 16.4 Å². The topological polar surface area (TPSA) is 157 Å². The van der Waals surface area contributed by atoms with E-state index in [4.69, 9.17) is 15.2 Å². The molecule has 2 rings (SSSR count). The fraction of sp³-hybridized carbons (Fsp3) is 0.500. The molecule has 0 radical (unpaired) electrons. The Morgan fingerprint density at radius 2 is 1.50 bits per heavy atom. The number of benzene rings is 2. The van der Waals surface area contributed by atoms with Crippen molar-refractivity contribution in [2.24, 2.45) is 5.73 Å². The van der Waals surface area contributed by atoms with Crippen LogP contribution in [0.3, 0.4) is 0 Å².